The summed E-state index contributed by atoms with van der Waals surface area (Å²) in [7, 11) is 1.78. The number of halogens is 1. The van der Waals surface area contributed by atoms with Crippen LogP contribution in [-0.4, -0.2) is 17.9 Å². The first-order valence-electron chi connectivity index (χ1n) is 5.81. The molecule has 0 aliphatic carbocycles. The van der Waals surface area contributed by atoms with Crippen LogP contribution in [-0.2, 0) is 0 Å². The zero-order valence-electron chi connectivity index (χ0n) is 10.7. The zero-order chi connectivity index (χ0) is 13.8. The number of rotatable bonds is 3. The molecular weight excluding hydrogens is 306 g/mol. The smallest absolute Gasteiger partial charge is 0.257 e. The number of amides is 1. The number of carbonyl (C=O) groups excluding carboxylic acids is 1. The molecular formula is C14H14BrN3O. The summed E-state index contributed by atoms with van der Waals surface area (Å²) in [6.45, 7) is 1.95. The maximum absolute atomic E-state index is 12.1. The quantitative estimate of drug-likeness (QED) is 0.911. The van der Waals surface area contributed by atoms with Crippen LogP contribution in [0.3, 0.4) is 0 Å². The molecule has 0 unspecified atom stereocenters. The number of nitrogens with zero attached hydrogens (tertiary/aromatic N) is 1. The van der Waals surface area contributed by atoms with Gasteiger partial charge >= 0.3 is 0 Å². The third-order valence-electron chi connectivity index (χ3n) is 2.73. The predicted octanol–water partition coefficient (Wildman–Crippen LogP) is 3.45. The van der Waals surface area contributed by atoms with E-state index in [1.54, 1.807) is 25.4 Å². The standard InChI is InChI=1S/C14H14BrN3O/c1-9-3-5-11(15)7-12(9)18-14(19)10-4-6-13(16-2)17-8-10/h3-8H,1-2H3,(H,16,17)(H,18,19). The lowest BCUT2D eigenvalue weighted by Gasteiger charge is -2.09. The van der Waals surface area contributed by atoms with Crippen LogP contribution >= 0.6 is 15.9 Å². The van der Waals surface area contributed by atoms with E-state index in [0.29, 0.717) is 5.56 Å². The van der Waals surface area contributed by atoms with Crippen molar-refractivity contribution in [2.75, 3.05) is 17.7 Å². The van der Waals surface area contributed by atoms with Gasteiger partial charge < -0.3 is 10.6 Å². The lowest BCUT2D eigenvalue weighted by atomic mass is 10.2. The molecule has 2 rings (SSSR count). The van der Waals surface area contributed by atoms with Gasteiger partial charge in [0.15, 0.2) is 0 Å². The fourth-order valence-electron chi connectivity index (χ4n) is 1.60. The van der Waals surface area contributed by atoms with Gasteiger partial charge in [0, 0.05) is 23.4 Å². The Morgan fingerprint density at radius 1 is 1.26 bits per heavy atom. The Morgan fingerprint density at radius 2 is 2.05 bits per heavy atom. The number of nitrogens with one attached hydrogen (secondary N) is 2. The number of carbonyl (C=O) groups is 1. The molecule has 5 heteroatoms. The Labute approximate surface area is 120 Å². The highest BCUT2D eigenvalue weighted by Crippen LogP contribution is 2.21. The molecule has 0 spiro atoms. The summed E-state index contributed by atoms with van der Waals surface area (Å²) in [4.78, 5) is 16.2. The average Bonchev–Trinajstić information content (AvgIpc) is 2.43. The number of hydrogen-bond acceptors (Lipinski definition) is 3. The highest BCUT2D eigenvalue weighted by molar-refractivity contribution is 9.10. The lowest BCUT2D eigenvalue weighted by Crippen LogP contribution is -2.13. The van der Waals surface area contributed by atoms with Crippen LogP contribution in [0.5, 0.6) is 0 Å². The molecule has 19 heavy (non-hydrogen) atoms. The predicted molar refractivity (Wildman–Crippen MR) is 80.6 cm³/mol. The molecule has 2 aromatic rings. The number of aryl methyl sites for hydroxylation is 1. The normalized spacial score (nSPS) is 10.1. The van der Waals surface area contributed by atoms with Crippen LogP contribution in [0.25, 0.3) is 0 Å². The van der Waals surface area contributed by atoms with E-state index in [-0.39, 0.29) is 5.91 Å². The number of anilines is 2. The van der Waals surface area contributed by atoms with Gasteiger partial charge in [-0.25, -0.2) is 4.98 Å². The van der Waals surface area contributed by atoms with E-state index >= 15 is 0 Å². The number of aromatic nitrogens is 1. The highest BCUT2D eigenvalue weighted by Gasteiger charge is 2.08. The van der Waals surface area contributed by atoms with Gasteiger partial charge in [0.25, 0.3) is 5.91 Å². The summed E-state index contributed by atoms with van der Waals surface area (Å²) in [6.07, 6.45) is 1.55. The molecule has 1 amide bonds. The maximum Gasteiger partial charge on any atom is 0.257 e. The van der Waals surface area contributed by atoms with Gasteiger partial charge in [-0.15, -0.1) is 0 Å². The molecule has 1 aromatic carbocycles. The maximum atomic E-state index is 12.1. The van der Waals surface area contributed by atoms with Gasteiger partial charge in [-0.1, -0.05) is 22.0 Å². The molecule has 4 nitrogen and oxygen atoms in total. The Morgan fingerprint density at radius 3 is 2.68 bits per heavy atom. The molecule has 2 N–H and O–H groups in total. The Kier molecular flexibility index (Phi) is 4.16. The van der Waals surface area contributed by atoms with Crippen LogP contribution in [0.2, 0.25) is 0 Å². The first-order valence-corrected chi connectivity index (χ1v) is 6.61. The minimum atomic E-state index is -0.170. The van der Waals surface area contributed by atoms with Crippen molar-refractivity contribution in [3.05, 3.63) is 52.1 Å². The van der Waals surface area contributed by atoms with E-state index < -0.39 is 0 Å². The van der Waals surface area contributed by atoms with Crippen molar-refractivity contribution in [3.8, 4) is 0 Å². The molecule has 0 atom stereocenters. The van der Waals surface area contributed by atoms with E-state index in [9.17, 15) is 4.79 Å². The summed E-state index contributed by atoms with van der Waals surface area (Å²) < 4.78 is 0.928. The van der Waals surface area contributed by atoms with Gasteiger partial charge in [0.05, 0.1) is 5.56 Å². The van der Waals surface area contributed by atoms with Crippen molar-refractivity contribution in [1.82, 2.24) is 4.98 Å². The van der Waals surface area contributed by atoms with Gasteiger partial charge in [0.2, 0.25) is 0 Å². The van der Waals surface area contributed by atoms with E-state index in [1.165, 1.54) is 0 Å². The van der Waals surface area contributed by atoms with Crippen molar-refractivity contribution < 1.29 is 4.79 Å². The Hall–Kier alpha value is -1.88. The van der Waals surface area contributed by atoms with E-state index in [2.05, 4.69) is 31.5 Å². The molecule has 0 radical (unpaired) electrons. The van der Waals surface area contributed by atoms with Crippen LogP contribution in [0.1, 0.15) is 15.9 Å². The molecule has 0 aliphatic heterocycles. The molecule has 1 aromatic heterocycles. The number of hydrogen-bond donors (Lipinski definition) is 2. The average molecular weight is 320 g/mol. The van der Waals surface area contributed by atoms with Crippen LogP contribution < -0.4 is 10.6 Å². The minimum Gasteiger partial charge on any atom is -0.373 e. The topological polar surface area (TPSA) is 54.0 Å². The first kappa shape index (κ1) is 13.5. The Bertz CT molecular complexity index is 596. The number of benzene rings is 1. The SMILES string of the molecule is CNc1ccc(C(=O)Nc2cc(Br)ccc2C)cn1. The van der Waals surface area contributed by atoms with Crippen molar-refractivity contribution >= 4 is 33.3 Å². The van der Waals surface area contributed by atoms with Crippen molar-refractivity contribution in [2.24, 2.45) is 0 Å². The highest BCUT2D eigenvalue weighted by atomic mass is 79.9. The molecule has 0 saturated heterocycles. The molecule has 1 heterocycles. The Balaban J connectivity index is 2.18. The third kappa shape index (κ3) is 3.32. The molecule has 0 fully saturated rings. The monoisotopic (exact) mass is 319 g/mol. The van der Waals surface area contributed by atoms with Crippen LogP contribution in [0, 0.1) is 6.92 Å². The largest absolute Gasteiger partial charge is 0.373 e. The summed E-state index contributed by atoms with van der Waals surface area (Å²) >= 11 is 3.39. The van der Waals surface area contributed by atoms with Crippen LogP contribution in [0.4, 0.5) is 11.5 Å². The summed E-state index contributed by atoms with van der Waals surface area (Å²) in [5.74, 6) is 0.562. The van der Waals surface area contributed by atoms with Gasteiger partial charge in [-0.3, -0.25) is 4.79 Å². The fourth-order valence-corrected chi connectivity index (χ4v) is 1.96. The third-order valence-corrected chi connectivity index (χ3v) is 3.22. The van der Waals surface area contributed by atoms with E-state index in [1.807, 2.05) is 25.1 Å². The van der Waals surface area contributed by atoms with Gasteiger partial charge in [0.1, 0.15) is 5.82 Å². The second kappa shape index (κ2) is 5.84. The van der Waals surface area contributed by atoms with E-state index in [0.717, 1.165) is 21.5 Å². The van der Waals surface area contributed by atoms with Crippen LogP contribution in [0.15, 0.2) is 41.0 Å². The molecule has 0 aliphatic rings. The minimum absolute atomic E-state index is 0.170. The fraction of sp³-hybridized carbons (Fsp3) is 0.143. The summed E-state index contributed by atoms with van der Waals surface area (Å²) in [5.41, 5.74) is 2.33. The summed E-state index contributed by atoms with van der Waals surface area (Å²) in [6, 6.07) is 9.27. The molecule has 98 valence electrons. The summed E-state index contributed by atoms with van der Waals surface area (Å²) in [5, 5.41) is 5.79. The second-order valence-electron chi connectivity index (χ2n) is 4.10. The second-order valence-corrected chi connectivity index (χ2v) is 5.01. The lowest BCUT2D eigenvalue weighted by molar-refractivity contribution is 0.102. The first-order chi connectivity index (χ1) is 9.10. The molecule has 0 bridgehead atoms. The van der Waals surface area contributed by atoms with Gasteiger partial charge in [-0.05, 0) is 36.8 Å². The zero-order valence-corrected chi connectivity index (χ0v) is 12.3. The van der Waals surface area contributed by atoms with E-state index in [4.69, 9.17) is 0 Å². The van der Waals surface area contributed by atoms with Crippen molar-refractivity contribution in [3.63, 3.8) is 0 Å². The molecule has 0 saturated carbocycles. The van der Waals surface area contributed by atoms with Crippen molar-refractivity contribution in [2.45, 2.75) is 6.92 Å². The van der Waals surface area contributed by atoms with Gasteiger partial charge in [-0.2, -0.15) is 0 Å². The number of pyridine rings is 1. The van der Waals surface area contributed by atoms with Crippen molar-refractivity contribution in [1.29, 1.82) is 0 Å².